The third-order valence-corrected chi connectivity index (χ3v) is 4.26. The van der Waals surface area contributed by atoms with Crippen LogP contribution in [0.3, 0.4) is 0 Å². The zero-order valence-corrected chi connectivity index (χ0v) is 13.7. The van der Waals surface area contributed by atoms with E-state index >= 15 is 0 Å². The van der Waals surface area contributed by atoms with Crippen LogP contribution in [0.2, 0.25) is 5.02 Å². The lowest BCUT2D eigenvalue weighted by Crippen LogP contribution is -2.43. The first kappa shape index (κ1) is 16.8. The van der Waals surface area contributed by atoms with E-state index in [0.29, 0.717) is 10.7 Å². The van der Waals surface area contributed by atoms with Gasteiger partial charge in [-0.05, 0) is 31.0 Å². The van der Waals surface area contributed by atoms with Crippen molar-refractivity contribution in [2.75, 3.05) is 11.4 Å². The summed E-state index contributed by atoms with van der Waals surface area (Å²) in [6.45, 7) is 1.49. The van der Waals surface area contributed by atoms with E-state index in [1.165, 1.54) is 24.7 Å². The van der Waals surface area contributed by atoms with Gasteiger partial charge in [0.25, 0.3) is 0 Å². The number of amides is 2. The first-order valence-corrected chi connectivity index (χ1v) is 8.27. The Kier molecular flexibility index (Phi) is 6.25. The standard InChI is InChI=1S/C17H23ClN2O2/c1-13(21)20(16-10-6-7-14(18)11-16)12-17(22)19-15-8-4-2-3-5-9-15/h6-7,10-11,15H,2-5,8-9,12H2,1H3,(H,19,22). The predicted molar refractivity (Wildman–Crippen MR) is 89.1 cm³/mol. The SMILES string of the molecule is CC(=O)N(CC(=O)NC1CCCCCC1)c1cccc(Cl)c1. The highest BCUT2D eigenvalue weighted by atomic mass is 35.5. The van der Waals surface area contributed by atoms with Crippen LogP contribution in [-0.4, -0.2) is 24.4 Å². The maximum atomic E-state index is 12.3. The third-order valence-electron chi connectivity index (χ3n) is 4.02. The molecule has 2 rings (SSSR count). The molecule has 0 unspecified atom stereocenters. The fraction of sp³-hybridized carbons (Fsp3) is 0.529. The van der Waals surface area contributed by atoms with E-state index in [0.717, 1.165) is 25.7 Å². The van der Waals surface area contributed by atoms with Crippen molar-refractivity contribution in [2.45, 2.75) is 51.5 Å². The molecular formula is C17H23ClN2O2. The van der Waals surface area contributed by atoms with Crippen molar-refractivity contribution in [1.29, 1.82) is 0 Å². The van der Waals surface area contributed by atoms with Crippen LogP contribution in [0.25, 0.3) is 0 Å². The molecule has 1 N–H and O–H groups in total. The smallest absolute Gasteiger partial charge is 0.240 e. The summed E-state index contributed by atoms with van der Waals surface area (Å²) < 4.78 is 0. The average molecular weight is 323 g/mol. The fourth-order valence-electron chi connectivity index (χ4n) is 2.87. The Morgan fingerprint density at radius 1 is 1.23 bits per heavy atom. The molecule has 1 saturated carbocycles. The molecule has 0 radical (unpaired) electrons. The molecule has 0 atom stereocenters. The summed E-state index contributed by atoms with van der Waals surface area (Å²) in [5.41, 5.74) is 0.649. The topological polar surface area (TPSA) is 49.4 Å². The molecule has 0 heterocycles. The summed E-state index contributed by atoms with van der Waals surface area (Å²) in [5, 5.41) is 3.61. The maximum Gasteiger partial charge on any atom is 0.240 e. The number of benzene rings is 1. The number of nitrogens with one attached hydrogen (secondary N) is 1. The van der Waals surface area contributed by atoms with Gasteiger partial charge in [-0.25, -0.2) is 0 Å². The van der Waals surface area contributed by atoms with Gasteiger partial charge in [0, 0.05) is 23.7 Å². The number of rotatable bonds is 4. The molecule has 0 aliphatic heterocycles. The monoisotopic (exact) mass is 322 g/mol. The molecule has 2 amide bonds. The van der Waals surface area contributed by atoms with Crippen molar-refractivity contribution in [3.8, 4) is 0 Å². The van der Waals surface area contributed by atoms with Gasteiger partial charge in [0.2, 0.25) is 11.8 Å². The van der Waals surface area contributed by atoms with Crippen LogP contribution in [0.5, 0.6) is 0 Å². The van der Waals surface area contributed by atoms with E-state index in [1.54, 1.807) is 24.3 Å². The molecular weight excluding hydrogens is 300 g/mol. The predicted octanol–water partition coefficient (Wildman–Crippen LogP) is 3.53. The molecule has 1 fully saturated rings. The quantitative estimate of drug-likeness (QED) is 0.862. The number of anilines is 1. The van der Waals surface area contributed by atoms with E-state index in [2.05, 4.69) is 5.32 Å². The van der Waals surface area contributed by atoms with E-state index in [-0.39, 0.29) is 24.4 Å². The van der Waals surface area contributed by atoms with Gasteiger partial charge in [0.15, 0.2) is 0 Å². The highest BCUT2D eigenvalue weighted by Crippen LogP contribution is 2.20. The fourth-order valence-corrected chi connectivity index (χ4v) is 3.05. The van der Waals surface area contributed by atoms with Crippen LogP contribution >= 0.6 is 11.6 Å². The van der Waals surface area contributed by atoms with Crippen molar-refractivity contribution in [3.05, 3.63) is 29.3 Å². The van der Waals surface area contributed by atoms with Gasteiger partial charge >= 0.3 is 0 Å². The Bertz CT molecular complexity index is 525. The Morgan fingerprint density at radius 2 is 1.91 bits per heavy atom. The van der Waals surface area contributed by atoms with Gasteiger partial charge in [0.05, 0.1) is 0 Å². The number of hydrogen-bond acceptors (Lipinski definition) is 2. The highest BCUT2D eigenvalue weighted by molar-refractivity contribution is 6.30. The number of carbonyl (C=O) groups is 2. The van der Waals surface area contributed by atoms with Crippen molar-refractivity contribution < 1.29 is 9.59 Å². The molecule has 1 aromatic rings. The molecule has 4 nitrogen and oxygen atoms in total. The Labute approximate surface area is 136 Å². The highest BCUT2D eigenvalue weighted by Gasteiger charge is 2.19. The van der Waals surface area contributed by atoms with Crippen LogP contribution < -0.4 is 10.2 Å². The van der Waals surface area contributed by atoms with Crippen LogP contribution in [0.15, 0.2) is 24.3 Å². The lowest BCUT2D eigenvalue weighted by molar-refractivity contribution is -0.123. The molecule has 0 aromatic heterocycles. The second-order valence-electron chi connectivity index (χ2n) is 5.84. The van der Waals surface area contributed by atoms with Gasteiger partial charge in [-0.3, -0.25) is 9.59 Å². The van der Waals surface area contributed by atoms with Crippen LogP contribution in [0.1, 0.15) is 45.4 Å². The number of halogens is 1. The van der Waals surface area contributed by atoms with Crippen molar-refractivity contribution >= 4 is 29.1 Å². The normalized spacial score (nSPS) is 15.9. The van der Waals surface area contributed by atoms with E-state index in [9.17, 15) is 9.59 Å². The van der Waals surface area contributed by atoms with Gasteiger partial charge in [-0.2, -0.15) is 0 Å². The first-order valence-electron chi connectivity index (χ1n) is 7.89. The summed E-state index contributed by atoms with van der Waals surface area (Å²) in [7, 11) is 0. The molecule has 22 heavy (non-hydrogen) atoms. The van der Waals surface area contributed by atoms with Gasteiger partial charge in [-0.15, -0.1) is 0 Å². The minimum Gasteiger partial charge on any atom is -0.352 e. The molecule has 1 aliphatic carbocycles. The van der Waals surface area contributed by atoms with Crippen molar-refractivity contribution in [1.82, 2.24) is 5.32 Å². The zero-order valence-electron chi connectivity index (χ0n) is 13.0. The van der Waals surface area contributed by atoms with Gasteiger partial charge < -0.3 is 10.2 Å². The lowest BCUT2D eigenvalue weighted by atomic mass is 10.1. The molecule has 1 aromatic carbocycles. The number of nitrogens with zero attached hydrogens (tertiary/aromatic N) is 1. The van der Waals surface area contributed by atoms with Crippen LogP contribution in [0, 0.1) is 0 Å². The minimum absolute atomic E-state index is 0.0339. The number of hydrogen-bond donors (Lipinski definition) is 1. The average Bonchev–Trinajstić information content (AvgIpc) is 2.73. The molecule has 120 valence electrons. The number of carbonyl (C=O) groups excluding carboxylic acids is 2. The van der Waals surface area contributed by atoms with E-state index in [4.69, 9.17) is 11.6 Å². The summed E-state index contributed by atoms with van der Waals surface area (Å²) in [5.74, 6) is -0.277. The van der Waals surface area contributed by atoms with Crippen LogP contribution in [0.4, 0.5) is 5.69 Å². The summed E-state index contributed by atoms with van der Waals surface area (Å²) in [4.78, 5) is 25.6. The summed E-state index contributed by atoms with van der Waals surface area (Å²) in [6, 6.07) is 7.24. The maximum absolute atomic E-state index is 12.3. The Balaban J connectivity index is 1.98. The Hall–Kier alpha value is -1.55. The van der Waals surface area contributed by atoms with Gasteiger partial charge in [0.1, 0.15) is 6.54 Å². The summed E-state index contributed by atoms with van der Waals surface area (Å²) in [6.07, 6.45) is 6.88. The van der Waals surface area contributed by atoms with E-state index < -0.39 is 0 Å². The van der Waals surface area contributed by atoms with Gasteiger partial charge in [-0.1, -0.05) is 43.4 Å². The molecule has 0 saturated heterocycles. The lowest BCUT2D eigenvalue weighted by Gasteiger charge is -2.23. The van der Waals surface area contributed by atoms with Crippen molar-refractivity contribution in [3.63, 3.8) is 0 Å². The van der Waals surface area contributed by atoms with E-state index in [1.807, 2.05) is 0 Å². The van der Waals surface area contributed by atoms with Crippen molar-refractivity contribution in [2.24, 2.45) is 0 Å². The Morgan fingerprint density at radius 3 is 2.50 bits per heavy atom. The summed E-state index contributed by atoms with van der Waals surface area (Å²) >= 11 is 5.97. The third kappa shape index (κ3) is 5.02. The second kappa shape index (κ2) is 8.18. The first-order chi connectivity index (χ1) is 10.6. The molecule has 5 heteroatoms. The second-order valence-corrected chi connectivity index (χ2v) is 6.28. The molecule has 0 spiro atoms. The minimum atomic E-state index is -0.168. The zero-order chi connectivity index (χ0) is 15.9. The van der Waals surface area contributed by atoms with Crippen LogP contribution in [-0.2, 0) is 9.59 Å². The largest absolute Gasteiger partial charge is 0.352 e. The molecule has 1 aliphatic rings. The molecule has 0 bridgehead atoms.